The van der Waals surface area contributed by atoms with Crippen LogP contribution < -0.4 is 32.8 Å². The molecule has 0 radical (unpaired) electrons. The van der Waals surface area contributed by atoms with Gasteiger partial charge in [0, 0.05) is 45.8 Å². The molecule has 3 aliphatic rings. The van der Waals surface area contributed by atoms with Crippen LogP contribution in [0.15, 0.2) is 45.6 Å². The summed E-state index contributed by atoms with van der Waals surface area (Å²) < 4.78 is 110. The van der Waals surface area contributed by atoms with Crippen molar-refractivity contribution in [2.24, 2.45) is 13.0 Å². The lowest BCUT2D eigenvalue weighted by molar-refractivity contribution is -0.745. The first-order chi connectivity index (χ1) is 36.5. The van der Waals surface area contributed by atoms with Gasteiger partial charge in [0.25, 0.3) is 17.1 Å². The van der Waals surface area contributed by atoms with Crippen LogP contribution >= 0.6 is 31.3 Å². The van der Waals surface area contributed by atoms with E-state index in [1.807, 2.05) is 4.98 Å². The fraction of sp³-hybridized carbons (Fsp3) is 0.583. The van der Waals surface area contributed by atoms with Crippen LogP contribution in [0.1, 0.15) is 31.5 Å². The molecule has 1 amide bonds. The van der Waals surface area contributed by atoms with E-state index in [0.717, 1.165) is 36.6 Å². The number of H-pyrrole nitrogens is 2. The summed E-state index contributed by atoms with van der Waals surface area (Å²) in [6.07, 6.45) is -13.9. The van der Waals surface area contributed by atoms with Gasteiger partial charge in [0.1, 0.15) is 54.6 Å². The predicted octanol–water partition coefficient (Wildman–Crippen LogP) is -3.75. The van der Waals surface area contributed by atoms with Gasteiger partial charge in [0.15, 0.2) is 30.2 Å². The van der Waals surface area contributed by atoms with E-state index in [4.69, 9.17) is 48.5 Å². The van der Waals surface area contributed by atoms with Crippen molar-refractivity contribution in [2.75, 3.05) is 52.5 Å². The Morgan fingerprint density at radius 2 is 1.45 bits per heavy atom. The Balaban J connectivity index is 0.950. The molecule has 3 saturated heterocycles. The van der Waals surface area contributed by atoms with Gasteiger partial charge >= 0.3 is 42.6 Å². The van der Waals surface area contributed by atoms with E-state index < -0.39 is 141 Å². The van der Waals surface area contributed by atoms with E-state index in [9.17, 15) is 72.3 Å². The van der Waals surface area contributed by atoms with Gasteiger partial charge in [-0.15, -0.1) is 0 Å². The second-order valence-electron chi connectivity index (χ2n) is 17.7. The molecule has 0 bridgehead atoms. The minimum atomic E-state index is -6.23. The number of aromatic nitrogens is 10. The molecule has 16 atom stereocenters. The lowest BCUT2D eigenvalue weighted by Gasteiger charge is -2.26. The summed E-state index contributed by atoms with van der Waals surface area (Å²) in [4.78, 5) is 114. The molecule has 38 nitrogen and oxygen atoms in total. The summed E-state index contributed by atoms with van der Waals surface area (Å²) in [7, 11) is -18.0. The molecule has 5 aromatic rings. The van der Waals surface area contributed by atoms with Gasteiger partial charge in [-0.3, -0.25) is 56.1 Å². The molecule has 5 aromatic heterocycles. The zero-order valence-electron chi connectivity index (χ0n) is 40.8. The average molecular weight is 1190 g/mol. The number of amides is 1. The summed E-state index contributed by atoms with van der Waals surface area (Å²) in [5, 5.41) is 32.8. The number of hydrogen-bond acceptors (Lipinski definition) is 27. The number of nitrogens with one attached hydrogen (secondary N) is 2. The largest absolute Gasteiger partial charge is 0.490 e. The second-order valence-corrected chi connectivity index (χ2v) is 23.8. The maximum atomic E-state index is 13.6. The highest BCUT2D eigenvalue weighted by atomic mass is 31.3. The van der Waals surface area contributed by atoms with Crippen molar-refractivity contribution in [3.8, 4) is 0 Å². The third-order valence-corrected chi connectivity index (χ3v) is 17.6. The number of aliphatic hydroxyl groups excluding tert-OH is 3. The van der Waals surface area contributed by atoms with E-state index in [1.54, 1.807) is 0 Å². The second kappa shape index (κ2) is 22.8. The lowest BCUT2D eigenvalue weighted by Crippen LogP contribution is -2.45. The number of nitrogen functional groups attached to an aromatic ring is 2. The van der Waals surface area contributed by atoms with Gasteiger partial charge < -0.3 is 70.2 Å². The maximum absolute atomic E-state index is 13.6. The predicted molar refractivity (Wildman–Crippen MR) is 253 cm³/mol. The van der Waals surface area contributed by atoms with Gasteiger partial charge in [-0.1, -0.05) is 4.98 Å². The van der Waals surface area contributed by atoms with Crippen molar-refractivity contribution >= 4 is 71.3 Å². The molecule has 3 fully saturated rings. The molecule has 0 aromatic carbocycles. The number of aromatic amines is 2. The number of imidazole rings is 2. The third kappa shape index (κ3) is 12.7. The number of carbonyl (C=O) groups is 1. The minimum Gasteiger partial charge on any atom is -0.387 e. The van der Waals surface area contributed by atoms with Crippen molar-refractivity contribution in [1.82, 2.24) is 48.5 Å². The SMILES string of the molecule is CO[C@@H]1[C@H](OP(=O)(O)OC[C@H]2O[C@@H](n3ccc(=O)[nH]c3=O)[C@H](O)[C@@H]2O)C(COP(=O)(O)OP(=O)(O)OP(=O)(O)OC[C@H]2OC([n+]3cn(C)c4c(=O)[nH]c(N)nc43)[C@H](O)[C@@H]2CCC(=O)N(C)C)O[C@H]1n1cnc2c(N)ncnc21. The van der Waals surface area contributed by atoms with Crippen molar-refractivity contribution < 1.29 is 108 Å². The minimum absolute atomic E-state index is 0.000384. The standard InChI is InChI=1S/C36H51N13O25P4/c1-45(2)20(51)6-5-15-16(69-32(23(15)52)49-14-46(3)22-30(49)43-35(38)44-31(22)55)9-67-76(59,60)73-78(63,64)74-77(61,62)68-11-18-26(27(65-4)34(71-18)48-13-41-21-28(37)39-12-40-29(21)48)72-75(57,58)66-10-17-24(53)25(54)33(70-17)47-8-7-19(50)42-36(47)56/h7-8,12-18,23-27,32-34,52-54H,5-6,9-11H2,1-4H3,(H9-,37,38,39,40,42,43,44,50,55,56,57,58,59,60,61,62,63,64)/p+1/t15-,16-,17-,18?,23-,24-,25-,26-,27-,32?,33-,34-/m1/s1. The topological polar surface area (TPSA) is 528 Å². The first-order valence-corrected chi connectivity index (χ1v) is 28.6. The van der Waals surface area contributed by atoms with Gasteiger partial charge in [-0.25, -0.2) is 42.6 Å². The number of methoxy groups -OCH3 is 1. The summed E-state index contributed by atoms with van der Waals surface area (Å²) in [6, 6.07) is 0.922. The number of rotatable bonds is 22. The number of nitrogens with two attached hydrogens (primary N) is 2. The maximum Gasteiger partial charge on any atom is 0.490 e. The Bertz CT molecular complexity index is 3430. The van der Waals surface area contributed by atoms with Crippen LogP contribution in [0.5, 0.6) is 0 Å². The smallest absolute Gasteiger partial charge is 0.387 e. The van der Waals surface area contributed by atoms with Crippen LogP contribution in [-0.2, 0) is 75.8 Å². The number of phosphoric ester groups is 3. The number of carbonyl (C=O) groups excluding carboxylic acids is 1. The first-order valence-electron chi connectivity index (χ1n) is 22.6. The van der Waals surface area contributed by atoms with Crippen LogP contribution in [0.4, 0.5) is 11.8 Å². The molecule has 0 spiro atoms. The number of anilines is 2. The Labute approximate surface area is 435 Å². The fourth-order valence-electron chi connectivity index (χ4n) is 8.75. The molecule has 13 N–H and O–H groups in total. The molecular formula is C36H52N13O25P4+. The Morgan fingerprint density at radius 1 is 0.808 bits per heavy atom. The lowest BCUT2D eigenvalue weighted by atomic mass is 9.92. The zero-order valence-corrected chi connectivity index (χ0v) is 44.4. The van der Waals surface area contributed by atoms with Crippen LogP contribution in [0, 0.1) is 5.92 Å². The van der Waals surface area contributed by atoms with Crippen molar-refractivity contribution in [3.05, 3.63) is 62.4 Å². The van der Waals surface area contributed by atoms with Crippen molar-refractivity contribution in [3.63, 3.8) is 0 Å². The number of fused-ring (bicyclic) bond motifs is 2. The van der Waals surface area contributed by atoms with E-state index in [-0.39, 0.29) is 52.8 Å². The summed E-state index contributed by atoms with van der Waals surface area (Å²) >= 11 is 0. The highest BCUT2D eigenvalue weighted by Gasteiger charge is 2.54. The molecule has 6 unspecified atom stereocenters. The number of phosphoric acid groups is 4. The van der Waals surface area contributed by atoms with E-state index in [2.05, 4.69) is 33.5 Å². The van der Waals surface area contributed by atoms with Gasteiger partial charge in [-0.05, 0) is 6.42 Å². The summed E-state index contributed by atoms with van der Waals surface area (Å²) in [6.45, 7) is -3.31. The Morgan fingerprint density at radius 3 is 2.10 bits per heavy atom. The molecule has 42 heteroatoms. The summed E-state index contributed by atoms with van der Waals surface area (Å²) in [5.74, 6) is -1.86. The number of aryl methyl sites for hydroxylation is 1. The quantitative estimate of drug-likeness (QED) is 0.0234. The molecule has 0 aliphatic carbocycles. The van der Waals surface area contributed by atoms with Crippen molar-refractivity contribution in [1.29, 1.82) is 0 Å². The highest BCUT2D eigenvalue weighted by Crippen LogP contribution is 2.68. The molecule has 430 valence electrons. The molecule has 8 heterocycles. The number of ether oxygens (including phenoxy) is 4. The Hall–Kier alpha value is -5.11. The van der Waals surface area contributed by atoms with Gasteiger partial charge in [0.05, 0.1) is 39.3 Å². The molecule has 3 aliphatic heterocycles. The molecular weight excluding hydrogens is 1140 g/mol. The van der Waals surface area contributed by atoms with Crippen LogP contribution in [0.2, 0.25) is 0 Å². The number of hydrogen-bond donors (Lipinski definition) is 11. The van der Waals surface area contributed by atoms with Gasteiger partial charge in [-0.2, -0.15) is 8.62 Å². The van der Waals surface area contributed by atoms with E-state index >= 15 is 0 Å². The number of aliphatic hydroxyl groups is 3. The van der Waals surface area contributed by atoms with Crippen LogP contribution in [0.3, 0.4) is 0 Å². The molecule has 8 rings (SSSR count). The first kappa shape index (κ1) is 59.0. The van der Waals surface area contributed by atoms with E-state index in [0.29, 0.717) is 0 Å². The van der Waals surface area contributed by atoms with Crippen LogP contribution in [-0.4, -0.2) is 179 Å². The van der Waals surface area contributed by atoms with Crippen molar-refractivity contribution in [2.45, 2.75) is 80.4 Å². The van der Waals surface area contributed by atoms with Gasteiger partial charge in [0.2, 0.25) is 17.7 Å². The number of nitrogens with zero attached hydrogens (tertiary/aromatic N) is 9. The Kier molecular flexibility index (Phi) is 17.2. The summed E-state index contributed by atoms with van der Waals surface area (Å²) in [5.41, 5.74) is 9.22. The monoisotopic (exact) mass is 1190 g/mol. The zero-order chi connectivity index (χ0) is 57.0. The fourth-order valence-corrected chi connectivity index (χ4v) is 13.2. The van der Waals surface area contributed by atoms with E-state index in [1.165, 1.54) is 46.1 Å². The molecule has 0 saturated carbocycles. The third-order valence-electron chi connectivity index (χ3n) is 12.3. The van der Waals surface area contributed by atoms with Crippen LogP contribution in [0.25, 0.3) is 22.3 Å². The highest BCUT2D eigenvalue weighted by molar-refractivity contribution is 7.66. The molecule has 78 heavy (non-hydrogen) atoms. The average Bonchev–Trinajstić information content (AvgIpc) is 4.17. The normalized spacial score (nSPS) is 29.6.